The molecule has 0 radical (unpaired) electrons. The first-order chi connectivity index (χ1) is 16.3. The summed E-state index contributed by atoms with van der Waals surface area (Å²) in [6.07, 6.45) is -5.21. The molecule has 0 amide bonds. The van der Waals surface area contributed by atoms with Gasteiger partial charge in [0, 0.05) is 0 Å². The van der Waals surface area contributed by atoms with Crippen molar-refractivity contribution in [1.29, 1.82) is 0 Å². The molecule has 0 unspecified atom stereocenters. The number of aliphatic hydroxyl groups is 7. The first-order valence-corrected chi connectivity index (χ1v) is 12.2. The van der Waals surface area contributed by atoms with Crippen LogP contribution in [-0.4, -0.2) is 116 Å². The van der Waals surface area contributed by atoms with E-state index < -0.39 is 61.4 Å². The van der Waals surface area contributed by atoms with Crippen molar-refractivity contribution in [2.75, 3.05) is 19.8 Å². The minimum absolute atomic E-state index is 0.0913. The Labute approximate surface area is 205 Å². The molecule has 35 heavy (non-hydrogen) atoms. The summed E-state index contributed by atoms with van der Waals surface area (Å²) >= 11 is 0. The molecule has 12 atom stereocenters. The van der Waals surface area contributed by atoms with Gasteiger partial charge in [-0.1, -0.05) is 32.9 Å². The number of hydrogen-bond donors (Lipinski definition) is 7. The van der Waals surface area contributed by atoms with E-state index in [9.17, 15) is 35.7 Å². The van der Waals surface area contributed by atoms with Crippen molar-refractivity contribution in [3.8, 4) is 0 Å². The number of hydrogen-bond acceptors (Lipinski definition) is 11. The van der Waals surface area contributed by atoms with Gasteiger partial charge in [-0.05, 0) is 37.0 Å². The van der Waals surface area contributed by atoms with E-state index in [0.717, 1.165) is 6.42 Å². The van der Waals surface area contributed by atoms with Gasteiger partial charge in [-0.25, -0.2) is 0 Å². The maximum atomic E-state index is 10.4. The lowest BCUT2D eigenvalue weighted by Crippen LogP contribution is -2.60. The Morgan fingerprint density at radius 1 is 1.06 bits per heavy atom. The minimum Gasteiger partial charge on any atom is -0.393 e. The van der Waals surface area contributed by atoms with Crippen molar-refractivity contribution in [3.05, 3.63) is 12.2 Å². The van der Waals surface area contributed by atoms with Gasteiger partial charge in [0.1, 0.15) is 36.1 Å². The van der Waals surface area contributed by atoms with Crippen LogP contribution in [0.1, 0.15) is 40.5 Å². The quantitative estimate of drug-likeness (QED) is 0.194. The molecule has 0 aromatic heterocycles. The molecule has 0 spiro atoms. The standard InChI is InChI=1S/C24H42O11/c1-12-7-14(26)8-23(3,4)15(12)6-5-13(2)34-21-19(29)18(28)17(27)16(35-21)9-32-22-20(30)24(31,10-25)11-33-22/h5-6,12-22,25-31H,7-11H2,1-4H3/b6-5+/t12-,13-,14+,15+,16-,17-,18+,19-,20+,21-,22-,24-/m1/s1. The lowest BCUT2D eigenvalue weighted by atomic mass is 9.63. The fourth-order valence-electron chi connectivity index (χ4n) is 5.45. The normalized spacial score (nSPS) is 47.3. The van der Waals surface area contributed by atoms with Crippen molar-refractivity contribution in [2.45, 2.75) is 101 Å². The first-order valence-electron chi connectivity index (χ1n) is 12.2. The highest BCUT2D eigenvalue weighted by molar-refractivity contribution is 5.03. The average Bonchev–Trinajstić information content (AvgIpc) is 3.06. The largest absolute Gasteiger partial charge is 0.393 e. The summed E-state index contributed by atoms with van der Waals surface area (Å²) in [6.45, 7) is 6.71. The number of ether oxygens (including phenoxy) is 4. The average molecular weight is 507 g/mol. The van der Waals surface area contributed by atoms with Gasteiger partial charge in [-0.3, -0.25) is 0 Å². The van der Waals surface area contributed by atoms with Gasteiger partial charge >= 0.3 is 0 Å². The zero-order valence-corrected chi connectivity index (χ0v) is 20.8. The van der Waals surface area contributed by atoms with E-state index in [1.807, 2.05) is 6.08 Å². The van der Waals surface area contributed by atoms with Crippen molar-refractivity contribution in [1.82, 2.24) is 0 Å². The van der Waals surface area contributed by atoms with Crippen LogP contribution in [0.25, 0.3) is 0 Å². The molecule has 1 saturated carbocycles. The maximum Gasteiger partial charge on any atom is 0.187 e. The highest BCUT2D eigenvalue weighted by Gasteiger charge is 2.50. The van der Waals surface area contributed by atoms with E-state index in [2.05, 4.69) is 26.8 Å². The van der Waals surface area contributed by atoms with E-state index in [1.165, 1.54) is 0 Å². The molecular weight excluding hydrogens is 464 g/mol. The van der Waals surface area contributed by atoms with Crippen LogP contribution in [0.15, 0.2) is 12.2 Å². The molecular formula is C24H42O11. The third-order valence-electron chi connectivity index (χ3n) is 7.53. The van der Waals surface area contributed by atoms with Crippen molar-refractivity contribution >= 4 is 0 Å². The number of rotatable bonds is 8. The van der Waals surface area contributed by atoms with Crippen LogP contribution in [0.3, 0.4) is 0 Å². The highest BCUT2D eigenvalue weighted by Crippen LogP contribution is 2.44. The zero-order chi connectivity index (χ0) is 26.1. The Morgan fingerprint density at radius 2 is 1.74 bits per heavy atom. The van der Waals surface area contributed by atoms with Crippen molar-refractivity contribution in [3.63, 3.8) is 0 Å². The molecule has 0 aromatic rings. The Balaban J connectivity index is 1.58. The van der Waals surface area contributed by atoms with E-state index in [-0.39, 0.29) is 36.6 Å². The molecule has 1 aliphatic carbocycles. The highest BCUT2D eigenvalue weighted by atomic mass is 16.7. The van der Waals surface area contributed by atoms with E-state index in [4.69, 9.17) is 18.9 Å². The molecule has 7 N–H and O–H groups in total. The zero-order valence-electron chi connectivity index (χ0n) is 20.8. The molecule has 0 aromatic carbocycles. The minimum atomic E-state index is -1.86. The van der Waals surface area contributed by atoms with Crippen LogP contribution >= 0.6 is 0 Å². The van der Waals surface area contributed by atoms with E-state index in [1.54, 1.807) is 6.92 Å². The van der Waals surface area contributed by atoms with Crippen LogP contribution in [0.2, 0.25) is 0 Å². The molecule has 2 saturated heterocycles. The fraction of sp³-hybridized carbons (Fsp3) is 0.917. The van der Waals surface area contributed by atoms with Gasteiger partial charge in [-0.2, -0.15) is 0 Å². The van der Waals surface area contributed by atoms with Crippen LogP contribution < -0.4 is 0 Å². The van der Waals surface area contributed by atoms with Crippen LogP contribution in [-0.2, 0) is 18.9 Å². The molecule has 204 valence electrons. The molecule has 3 aliphatic rings. The molecule has 0 bridgehead atoms. The Bertz CT molecular complexity index is 718. The number of aliphatic hydroxyl groups excluding tert-OH is 6. The topological polar surface area (TPSA) is 179 Å². The summed E-state index contributed by atoms with van der Waals surface area (Å²) < 4.78 is 22.1. The molecule has 3 fully saturated rings. The summed E-state index contributed by atoms with van der Waals surface area (Å²) in [4.78, 5) is 0. The van der Waals surface area contributed by atoms with Crippen molar-refractivity contribution < 1.29 is 54.7 Å². The Morgan fingerprint density at radius 3 is 2.34 bits per heavy atom. The SMILES string of the molecule is C[C@H](/C=C/[C@H]1[C@H](C)C[C@H](O)CC1(C)C)O[C@@H]1O[C@H](CO[C@@H]2OC[C@](O)(CO)[C@H]2O)[C@@H](O)[C@H](O)[C@H]1O. The fourth-order valence-corrected chi connectivity index (χ4v) is 5.45. The van der Waals surface area contributed by atoms with E-state index >= 15 is 0 Å². The summed E-state index contributed by atoms with van der Waals surface area (Å²) in [5.74, 6) is 0.502. The third-order valence-corrected chi connectivity index (χ3v) is 7.53. The first kappa shape index (κ1) is 28.9. The molecule has 2 heterocycles. The molecule has 11 heteroatoms. The predicted molar refractivity (Wildman–Crippen MR) is 122 cm³/mol. The second-order valence-corrected chi connectivity index (χ2v) is 11.0. The summed E-state index contributed by atoms with van der Waals surface area (Å²) in [5, 5.41) is 70.5. The summed E-state index contributed by atoms with van der Waals surface area (Å²) in [5.41, 5.74) is -1.95. The Kier molecular flexibility index (Phi) is 9.37. The maximum absolute atomic E-state index is 10.4. The van der Waals surface area contributed by atoms with Crippen LogP contribution in [0.4, 0.5) is 0 Å². The van der Waals surface area contributed by atoms with Gasteiger partial charge in [0.25, 0.3) is 0 Å². The molecule has 11 nitrogen and oxygen atoms in total. The second kappa shape index (κ2) is 11.4. The van der Waals surface area contributed by atoms with Crippen LogP contribution in [0.5, 0.6) is 0 Å². The molecule has 3 rings (SSSR count). The van der Waals surface area contributed by atoms with Gasteiger partial charge in [0.2, 0.25) is 0 Å². The molecule has 2 aliphatic heterocycles. The monoisotopic (exact) mass is 506 g/mol. The van der Waals surface area contributed by atoms with Crippen LogP contribution in [0, 0.1) is 17.3 Å². The third kappa shape index (κ3) is 6.42. The lowest BCUT2D eigenvalue weighted by molar-refractivity contribution is -0.314. The Hall–Kier alpha value is -0.700. The number of allylic oxidation sites excluding steroid dienone is 1. The predicted octanol–water partition coefficient (Wildman–Crippen LogP) is -1.35. The van der Waals surface area contributed by atoms with Gasteiger partial charge in [0.15, 0.2) is 12.6 Å². The second-order valence-electron chi connectivity index (χ2n) is 11.0. The summed E-state index contributed by atoms with van der Waals surface area (Å²) in [7, 11) is 0. The van der Waals surface area contributed by atoms with E-state index in [0.29, 0.717) is 6.42 Å². The van der Waals surface area contributed by atoms with Gasteiger partial charge in [-0.15, -0.1) is 0 Å². The van der Waals surface area contributed by atoms with Crippen molar-refractivity contribution in [2.24, 2.45) is 17.3 Å². The van der Waals surface area contributed by atoms with Gasteiger partial charge in [0.05, 0.1) is 32.0 Å². The lowest BCUT2D eigenvalue weighted by Gasteiger charge is -2.44. The summed E-state index contributed by atoms with van der Waals surface area (Å²) in [6, 6.07) is 0. The smallest absolute Gasteiger partial charge is 0.187 e. The van der Waals surface area contributed by atoms with Gasteiger partial charge < -0.3 is 54.7 Å².